The molecule has 1 aromatic rings. The standard InChI is InChI=1S/C15H17F3O2/c16-11-3-2-10(12(17)13(11)18)14(19)9-4-7-20-15(8-9)5-1-6-15/h2-3,9,14,19H,1,4-8H2. The van der Waals surface area contributed by atoms with Gasteiger partial charge in [0, 0.05) is 12.2 Å². The predicted molar refractivity (Wildman–Crippen MR) is 66.5 cm³/mol. The summed E-state index contributed by atoms with van der Waals surface area (Å²) in [6.07, 6.45) is 3.13. The van der Waals surface area contributed by atoms with Gasteiger partial charge in [-0.15, -0.1) is 0 Å². The molecule has 1 aromatic carbocycles. The highest BCUT2D eigenvalue weighted by Gasteiger charge is 2.44. The summed E-state index contributed by atoms with van der Waals surface area (Å²) in [5, 5.41) is 10.3. The molecule has 3 rings (SSSR count). The van der Waals surface area contributed by atoms with Crippen LogP contribution in [0.2, 0.25) is 0 Å². The van der Waals surface area contributed by atoms with Gasteiger partial charge < -0.3 is 9.84 Å². The van der Waals surface area contributed by atoms with Gasteiger partial charge in [-0.2, -0.15) is 0 Å². The van der Waals surface area contributed by atoms with Gasteiger partial charge in [0.25, 0.3) is 0 Å². The van der Waals surface area contributed by atoms with Gasteiger partial charge in [0.15, 0.2) is 17.5 Å². The Morgan fingerprint density at radius 2 is 1.95 bits per heavy atom. The smallest absolute Gasteiger partial charge is 0.194 e. The van der Waals surface area contributed by atoms with E-state index in [-0.39, 0.29) is 17.1 Å². The molecule has 5 heteroatoms. The number of benzene rings is 1. The molecule has 1 N–H and O–H groups in total. The third kappa shape index (κ3) is 2.23. The summed E-state index contributed by atoms with van der Waals surface area (Å²) in [6, 6.07) is 1.98. The van der Waals surface area contributed by atoms with Crippen LogP contribution in [-0.2, 0) is 4.74 Å². The Morgan fingerprint density at radius 1 is 1.20 bits per heavy atom. The summed E-state index contributed by atoms with van der Waals surface area (Å²) in [4.78, 5) is 0. The Hall–Kier alpha value is -1.07. The Balaban J connectivity index is 1.81. The van der Waals surface area contributed by atoms with Gasteiger partial charge in [0.1, 0.15) is 0 Å². The van der Waals surface area contributed by atoms with Crippen molar-refractivity contribution in [1.29, 1.82) is 0 Å². The molecule has 2 aliphatic rings. The van der Waals surface area contributed by atoms with Crippen LogP contribution in [-0.4, -0.2) is 17.3 Å². The van der Waals surface area contributed by atoms with Crippen molar-refractivity contribution in [1.82, 2.24) is 0 Å². The average molecular weight is 286 g/mol. The normalized spacial score (nSPS) is 26.3. The largest absolute Gasteiger partial charge is 0.388 e. The molecule has 2 nitrogen and oxygen atoms in total. The highest BCUT2D eigenvalue weighted by molar-refractivity contribution is 5.23. The maximum Gasteiger partial charge on any atom is 0.194 e. The highest BCUT2D eigenvalue weighted by Crippen LogP contribution is 2.47. The highest BCUT2D eigenvalue weighted by atomic mass is 19.2. The third-order valence-corrected chi connectivity index (χ3v) is 4.63. The fourth-order valence-corrected chi connectivity index (χ4v) is 3.28. The van der Waals surface area contributed by atoms with Crippen molar-refractivity contribution < 1.29 is 23.0 Å². The maximum atomic E-state index is 13.8. The summed E-state index contributed by atoms with van der Waals surface area (Å²) >= 11 is 0. The number of rotatable bonds is 2. The van der Waals surface area contributed by atoms with E-state index >= 15 is 0 Å². The summed E-state index contributed by atoms with van der Waals surface area (Å²) < 4.78 is 45.7. The number of hydrogen-bond acceptors (Lipinski definition) is 2. The lowest BCUT2D eigenvalue weighted by molar-refractivity contribution is -0.157. The molecular formula is C15H17F3O2. The third-order valence-electron chi connectivity index (χ3n) is 4.63. The Labute approximate surface area is 115 Å². The van der Waals surface area contributed by atoms with Crippen molar-refractivity contribution >= 4 is 0 Å². The molecule has 20 heavy (non-hydrogen) atoms. The Bertz CT molecular complexity index is 514. The lowest BCUT2D eigenvalue weighted by Gasteiger charge is -2.48. The van der Waals surface area contributed by atoms with E-state index in [1.165, 1.54) is 0 Å². The predicted octanol–water partition coefficient (Wildman–Crippen LogP) is 3.49. The zero-order chi connectivity index (χ0) is 14.3. The van der Waals surface area contributed by atoms with Crippen molar-refractivity contribution in [3.05, 3.63) is 35.1 Å². The van der Waals surface area contributed by atoms with Gasteiger partial charge in [-0.25, -0.2) is 13.2 Å². The van der Waals surface area contributed by atoms with Crippen molar-refractivity contribution in [2.24, 2.45) is 5.92 Å². The Morgan fingerprint density at radius 3 is 2.60 bits per heavy atom. The van der Waals surface area contributed by atoms with E-state index in [2.05, 4.69) is 0 Å². The topological polar surface area (TPSA) is 29.5 Å². The first-order valence-corrected chi connectivity index (χ1v) is 6.98. The van der Waals surface area contributed by atoms with E-state index < -0.39 is 23.6 Å². The molecule has 1 aliphatic heterocycles. The number of aliphatic hydroxyl groups is 1. The van der Waals surface area contributed by atoms with Crippen LogP contribution in [0.25, 0.3) is 0 Å². The molecule has 2 unspecified atom stereocenters. The van der Waals surface area contributed by atoms with E-state index in [1.54, 1.807) is 0 Å². The van der Waals surface area contributed by atoms with Crippen molar-refractivity contribution in [2.75, 3.05) is 6.61 Å². The first-order chi connectivity index (χ1) is 9.52. The van der Waals surface area contributed by atoms with Crippen LogP contribution in [0, 0.1) is 23.4 Å². The van der Waals surface area contributed by atoms with Crippen LogP contribution in [0.4, 0.5) is 13.2 Å². The molecule has 1 spiro atoms. The van der Waals surface area contributed by atoms with Crippen LogP contribution in [0.15, 0.2) is 12.1 Å². The van der Waals surface area contributed by atoms with Crippen molar-refractivity contribution in [3.63, 3.8) is 0 Å². The minimum absolute atomic E-state index is 0.162. The molecule has 2 fully saturated rings. The quantitative estimate of drug-likeness (QED) is 0.843. The van der Waals surface area contributed by atoms with Gasteiger partial charge in [0.2, 0.25) is 0 Å². The van der Waals surface area contributed by atoms with Gasteiger partial charge in [-0.1, -0.05) is 6.07 Å². The monoisotopic (exact) mass is 286 g/mol. The molecule has 1 saturated heterocycles. The lowest BCUT2D eigenvalue weighted by atomic mass is 9.70. The zero-order valence-corrected chi connectivity index (χ0v) is 11.0. The minimum Gasteiger partial charge on any atom is -0.388 e. The van der Waals surface area contributed by atoms with E-state index in [9.17, 15) is 18.3 Å². The van der Waals surface area contributed by atoms with Crippen LogP contribution >= 0.6 is 0 Å². The molecular weight excluding hydrogens is 269 g/mol. The molecule has 0 bridgehead atoms. The molecule has 1 saturated carbocycles. The first-order valence-electron chi connectivity index (χ1n) is 6.98. The number of ether oxygens (including phenoxy) is 1. The minimum atomic E-state index is -1.52. The zero-order valence-electron chi connectivity index (χ0n) is 11.0. The molecule has 0 radical (unpaired) electrons. The Kier molecular flexibility index (Phi) is 3.50. The van der Waals surface area contributed by atoms with E-state index in [0.29, 0.717) is 19.4 Å². The molecule has 0 amide bonds. The number of halogens is 3. The number of aliphatic hydroxyl groups excluding tert-OH is 1. The van der Waals surface area contributed by atoms with Crippen LogP contribution < -0.4 is 0 Å². The summed E-state index contributed by atoms with van der Waals surface area (Å²) in [5.74, 6) is -4.22. The van der Waals surface area contributed by atoms with E-state index in [4.69, 9.17) is 4.74 Å². The molecule has 1 aliphatic carbocycles. The second-order valence-corrected chi connectivity index (χ2v) is 5.85. The second kappa shape index (κ2) is 5.04. The fraction of sp³-hybridized carbons (Fsp3) is 0.600. The summed E-state index contributed by atoms with van der Waals surface area (Å²) in [7, 11) is 0. The summed E-state index contributed by atoms with van der Waals surface area (Å²) in [5.41, 5.74) is -0.343. The van der Waals surface area contributed by atoms with Crippen LogP contribution in [0.5, 0.6) is 0 Å². The molecule has 0 aromatic heterocycles. The second-order valence-electron chi connectivity index (χ2n) is 5.85. The fourth-order valence-electron chi connectivity index (χ4n) is 3.28. The van der Waals surface area contributed by atoms with Crippen LogP contribution in [0.1, 0.15) is 43.8 Å². The van der Waals surface area contributed by atoms with Gasteiger partial charge in [-0.3, -0.25) is 0 Å². The first kappa shape index (κ1) is 13.9. The molecule has 110 valence electrons. The maximum absolute atomic E-state index is 13.8. The molecule has 2 atom stereocenters. The van der Waals surface area contributed by atoms with Gasteiger partial charge >= 0.3 is 0 Å². The van der Waals surface area contributed by atoms with E-state index in [0.717, 1.165) is 31.4 Å². The van der Waals surface area contributed by atoms with Crippen LogP contribution in [0.3, 0.4) is 0 Å². The van der Waals surface area contributed by atoms with E-state index in [1.807, 2.05) is 0 Å². The van der Waals surface area contributed by atoms with Gasteiger partial charge in [-0.05, 0) is 44.1 Å². The summed E-state index contributed by atoms with van der Waals surface area (Å²) in [6.45, 7) is 0.521. The average Bonchev–Trinajstić information content (AvgIpc) is 2.43. The lowest BCUT2D eigenvalue weighted by Crippen LogP contribution is -2.46. The van der Waals surface area contributed by atoms with Crippen molar-refractivity contribution in [3.8, 4) is 0 Å². The number of hydrogen-bond donors (Lipinski definition) is 1. The van der Waals surface area contributed by atoms with Gasteiger partial charge in [0.05, 0.1) is 11.7 Å². The van der Waals surface area contributed by atoms with Crippen molar-refractivity contribution in [2.45, 2.75) is 43.8 Å². The molecule has 1 heterocycles. The SMILES string of the molecule is OC(c1ccc(F)c(F)c1F)C1CCOC2(CCC2)C1.